The minimum absolute atomic E-state index is 0.0107. The Bertz CT molecular complexity index is 424. The van der Waals surface area contributed by atoms with Gasteiger partial charge >= 0.3 is 0 Å². The molecular weight excluding hydrogens is 260 g/mol. The lowest BCUT2D eigenvalue weighted by molar-refractivity contribution is -0.115. The predicted octanol–water partition coefficient (Wildman–Crippen LogP) is 2.41. The number of hydrogen-bond donors (Lipinski definition) is 3. The van der Waals surface area contributed by atoms with Crippen molar-refractivity contribution < 1.29 is 9.90 Å². The molecule has 1 aromatic carbocycles. The maximum Gasteiger partial charge on any atom is 0.225 e. The number of carbonyl (C=O) groups is 1. The van der Waals surface area contributed by atoms with E-state index in [9.17, 15) is 4.79 Å². The number of nitrogens with two attached hydrogens (primary N) is 1. The lowest BCUT2D eigenvalue weighted by Crippen LogP contribution is -2.14. The lowest BCUT2D eigenvalue weighted by Gasteiger charge is -2.11. The van der Waals surface area contributed by atoms with Crippen LogP contribution in [0.3, 0.4) is 0 Å². The first-order valence-corrected chi connectivity index (χ1v) is 7.46. The highest BCUT2D eigenvalue weighted by molar-refractivity contribution is 7.99. The van der Waals surface area contributed by atoms with Crippen LogP contribution < -0.4 is 11.1 Å². The largest absolute Gasteiger partial charge is 0.399 e. The zero-order valence-corrected chi connectivity index (χ0v) is 12.3. The maximum atomic E-state index is 11.8. The fourth-order valence-corrected chi connectivity index (χ4v) is 2.64. The van der Waals surface area contributed by atoms with Crippen LogP contribution in [0.15, 0.2) is 18.2 Å². The van der Waals surface area contributed by atoms with Crippen molar-refractivity contribution in [3.05, 3.63) is 23.8 Å². The first kappa shape index (κ1) is 15.9. The summed E-state index contributed by atoms with van der Waals surface area (Å²) in [6.45, 7) is 4.18. The summed E-state index contributed by atoms with van der Waals surface area (Å²) in [6.07, 6.45) is 1.24. The fraction of sp³-hybridized carbons (Fsp3) is 0.500. The summed E-state index contributed by atoms with van der Waals surface area (Å²) in [5, 5.41) is 12.1. The van der Waals surface area contributed by atoms with Crippen LogP contribution in [0.2, 0.25) is 0 Å². The number of aryl methyl sites for hydroxylation is 1. The first-order valence-electron chi connectivity index (χ1n) is 6.41. The Kier molecular flexibility index (Phi) is 6.73. The molecule has 1 atom stereocenters. The normalized spacial score (nSPS) is 12.2. The molecule has 4 N–H and O–H groups in total. The van der Waals surface area contributed by atoms with E-state index < -0.39 is 0 Å². The van der Waals surface area contributed by atoms with Crippen LogP contribution >= 0.6 is 11.8 Å². The van der Waals surface area contributed by atoms with Crippen molar-refractivity contribution in [1.82, 2.24) is 0 Å². The lowest BCUT2D eigenvalue weighted by atomic mass is 10.2. The summed E-state index contributed by atoms with van der Waals surface area (Å²) in [5.74, 6) is 0.776. The van der Waals surface area contributed by atoms with E-state index in [0.29, 0.717) is 17.4 Å². The number of amides is 1. The molecule has 4 nitrogen and oxygen atoms in total. The SMILES string of the molecule is Cc1cc(N)ccc1NC(=O)CCSC(C)CCO. The van der Waals surface area contributed by atoms with Gasteiger partial charge in [-0.1, -0.05) is 6.92 Å². The van der Waals surface area contributed by atoms with Crippen LogP contribution in [-0.2, 0) is 4.79 Å². The Balaban J connectivity index is 2.35. The molecule has 0 saturated carbocycles. The van der Waals surface area contributed by atoms with Gasteiger partial charge in [-0.25, -0.2) is 0 Å². The number of benzene rings is 1. The molecule has 0 saturated heterocycles. The van der Waals surface area contributed by atoms with Gasteiger partial charge in [-0.2, -0.15) is 11.8 Å². The molecule has 5 heteroatoms. The Morgan fingerprint density at radius 3 is 2.89 bits per heavy atom. The summed E-state index contributed by atoms with van der Waals surface area (Å²) in [5.41, 5.74) is 8.14. The number of thioether (sulfide) groups is 1. The van der Waals surface area contributed by atoms with Gasteiger partial charge < -0.3 is 16.2 Å². The summed E-state index contributed by atoms with van der Waals surface area (Å²) in [7, 11) is 0. The van der Waals surface area contributed by atoms with Gasteiger partial charge in [0.1, 0.15) is 0 Å². The molecule has 0 fully saturated rings. The van der Waals surface area contributed by atoms with Gasteiger partial charge in [0, 0.05) is 35.4 Å². The van der Waals surface area contributed by atoms with Crippen molar-refractivity contribution in [2.24, 2.45) is 0 Å². The fourth-order valence-electron chi connectivity index (χ4n) is 1.66. The average molecular weight is 282 g/mol. The van der Waals surface area contributed by atoms with Gasteiger partial charge in [0.25, 0.3) is 0 Å². The van der Waals surface area contributed by atoms with Crippen LogP contribution in [-0.4, -0.2) is 28.6 Å². The average Bonchev–Trinajstić information content (AvgIpc) is 2.33. The molecule has 0 aromatic heterocycles. The number of aliphatic hydroxyl groups excluding tert-OH is 1. The Morgan fingerprint density at radius 1 is 1.53 bits per heavy atom. The number of rotatable bonds is 7. The zero-order chi connectivity index (χ0) is 14.3. The van der Waals surface area contributed by atoms with Crippen molar-refractivity contribution in [3.8, 4) is 0 Å². The Morgan fingerprint density at radius 2 is 2.26 bits per heavy atom. The van der Waals surface area contributed by atoms with E-state index in [4.69, 9.17) is 10.8 Å². The highest BCUT2D eigenvalue weighted by Crippen LogP contribution is 2.19. The molecule has 1 aromatic rings. The smallest absolute Gasteiger partial charge is 0.225 e. The molecule has 0 bridgehead atoms. The number of hydrogen-bond acceptors (Lipinski definition) is 4. The van der Waals surface area contributed by atoms with Crippen molar-refractivity contribution in [2.75, 3.05) is 23.4 Å². The molecule has 106 valence electrons. The van der Waals surface area contributed by atoms with Crippen molar-refractivity contribution in [3.63, 3.8) is 0 Å². The summed E-state index contributed by atoms with van der Waals surface area (Å²) >= 11 is 1.71. The third-order valence-corrected chi connectivity index (χ3v) is 4.04. The summed E-state index contributed by atoms with van der Waals surface area (Å²) < 4.78 is 0. The molecule has 0 radical (unpaired) electrons. The third kappa shape index (κ3) is 5.98. The highest BCUT2D eigenvalue weighted by atomic mass is 32.2. The molecule has 0 heterocycles. The number of carbonyl (C=O) groups excluding carboxylic acids is 1. The quantitative estimate of drug-likeness (QED) is 0.671. The molecule has 1 amide bonds. The highest BCUT2D eigenvalue weighted by Gasteiger charge is 2.07. The van der Waals surface area contributed by atoms with E-state index >= 15 is 0 Å². The maximum absolute atomic E-state index is 11.8. The molecule has 0 aliphatic heterocycles. The van der Waals surface area contributed by atoms with Gasteiger partial charge in [0.05, 0.1) is 0 Å². The third-order valence-electron chi connectivity index (χ3n) is 2.79. The second-order valence-corrected chi connectivity index (χ2v) is 6.11. The minimum Gasteiger partial charge on any atom is -0.399 e. The predicted molar refractivity (Wildman–Crippen MR) is 82.5 cm³/mol. The van der Waals surface area contributed by atoms with E-state index in [1.54, 1.807) is 17.8 Å². The number of anilines is 2. The van der Waals surface area contributed by atoms with Crippen LogP contribution in [0.1, 0.15) is 25.3 Å². The molecule has 0 aliphatic carbocycles. The van der Waals surface area contributed by atoms with Gasteiger partial charge in [0.2, 0.25) is 5.91 Å². The molecule has 1 unspecified atom stereocenters. The monoisotopic (exact) mass is 282 g/mol. The van der Waals surface area contributed by atoms with E-state index in [1.165, 1.54) is 0 Å². The van der Waals surface area contributed by atoms with Gasteiger partial charge in [-0.05, 0) is 37.1 Å². The molecular formula is C14H22N2O2S. The molecule has 19 heavy (non-hydrogen) atoms. The zero-order valence-electron chi connectivity index (χ0n) is 11.5. The molecule has 1 rings (SSSR count). The van der Waals surface area contributed by atoms with E-state index in [-0.39, 0.29) is 12.5 Å². The number of aliphatic hydroxyl groups is 1. The van der Waals surface area contributed by atoms with E-state index in [0.717, 1.165) is 23.4 Å². The second-order valence-electron chi connectivity index (χ2n) is 4.57. The van der Waals surface area contributed by atoms with E-state index in [2.05, 4.69) is 12.2 Å². The summed E-state index contributed by atoms with van der Waals surface area (Å²) in [4.78, 5) is 11.8. The Labute approximate surface area is 118 Å². The number of nitrogens with one attached hydrogen (secondary N) is 1. The molecule has 0 aliphatic rings. The minimum atomic E-state index is 0.0107. The van der Waals surface area contributed by atoms with Crippen LogP contribution in [0.25, 0.3) is 0 Å². The Hall–Kier alpha value is -1.20. The molecule has 0 spiro atoms. The van der Waals surface area contributed by atoms with Crippen LogP contribution in [0, 0.1) is 6.92 Å². The van der Waals surface area contributed by atoms with Gasteiger partial charge in [0.15, 0.2) is 0 Å². The van der Waals surface area contributed by atoms with Crippen LogP contribution in [0.5, 0.6) is 0 Å². The first-order chi connectivity index (χ1) is 9.02. The van der Waals surface area contributed by atoms with Gasteiger partial charge in [-0.3, -0.25) is 4.79 Å². The van der Waals surface area contributed by atoms with Crippen molar-refractivity contribution >= 4 is 29.0 Å². The topological polar surface area (TPSA) is 75.3 Å². The standard InChI is InChI=1S/C14H22N2O2S/c1-10-9-12(15)3-4-13(10)16-14(18)6-8-19-11(2)5-7-17/h3-4,9,11,17H,5-8,15H2,1-2H3,(H,16,18). The summed E-state index contributed by atoms with van der Waals surface area (Å²) in [6, 6.07) is 5.44. The number of nitrogen functional groups attached to an aromatic ring is 1. The second kappa shape index (κ2) is 8.07. The van der Waals surface area contributed by atoms with Crippen LogP contribution in [0.4, 0.5) is 11.4 Å². The van der Waals surface area contributed by atoms with Crippen molar-refractivity contribution in [2.45, 2.75) is 31.9 Å². The van der Waals surface area contributed by atoms with E-state index in [1.807, 2.05) is 19.1 Å². The van der Waals surface area contributed by atoms with Crippen molar-refractivity contribution in [1.29, 1.82) is 0 Å². The van der Waals surface area contributed by atoms with Gasteiger partial charge in [-0.15, -0.1) is 0 Å².